The van der Waals surface area contributed by atoms with Crippen molar-refractivity contribution in [1.82, 2.24) is 0 Å². The molecule has 0 unspecified atom stereocenters. The maximum Gasteiger partial charge on any atom is 0.335 e. The molecule has 0 aliphatic rings. The van der Waals surface area contributed by atoms with Crippen molar-refractivity contribution in [1.29, 1.82) is 0 Å². The summed E-state index contributed by atoms with van der Waals surface area (Å²) in [6, 6.07) is 12.8. The standard InChI is InChI=1S/C16H15NO5/c1-21-13-7-5-12(6-8-13)17-15(18)10-22-14-4-2-3-11(9-14)16(19)20/h2-9H,10H2,1H3,(H,17,18)(H,19,20). The van der Waals surface area contributed by atoms with Gasteiger partial charge in [0.25, 0.3) is 5.91 Å². The molecular weight excluding hydrogens is 286 g/mol. The van der Waals surface area contributed by atoms with E-state index in [2.05, 4.69) is 5.32 Å². The molecule has 0 bridgehead atoms. The van der Waals surface area contributed by atoms with E-state index in [0.717, 1.165) is 0 Å². The summed E-state index contributed by atoms with van der Waals surface area (Å²) in [7, 11) is 1.56. The van der Waals surface area contributed by atoms with Crippen LogP contribution >= 0.6 is 0 Å². The second kappa shape index (κ2) is 7.12. The number of methoxy groups -OCH3 is 1. The number of carbonyl (C=O) groups excluding carboxylic acids is 1. The Morgan fingerprint density at radius 3 is 2.45 bits per heavy atom. The van der Waals surface area contributed by atoms with E-state index in [-0.39, 0.29) is 18.1 Å². The second-order valence-corrected chi connectivity index (χ2v) is 4.40. The van der Waals surface area contributed by atoms with E-state index in [1.165, 1.54) is 12.1 Å². The van der Waals surface area contributed by atoms with E-state index in [1.54, 1.807) is 43.5 Å². The van der Waals surface area contributed by atoms with Crippen LogP contribution < -0.4 is 14.8 Å². The van der Waals surface area contributed by atoms with Crippen LogP contribution in [0.1, 0.15) is 10.4 Å². The molecule has 2 rings (SSSR count). The molecule has 0 saturated heterocycles. The first-order chi connectivity index (χ1) is 10.6. The van der Waals surface area contributed by atoms with Crippen LogP contribution in [-0.2, 0) is 4.79 Å². The van der Waals surface area contributed by atoms with E-state index < -0.39 is 5.97 Å². The Labute approximate surface area is 127 Å². The number of anilines is 1. The molecule has 6 heteroatoms. The molecule has 0 atom stereocenters. The molecule has 0 radical (unpaired) electrons. The summed E-state index contributed by atoms with van der Waals surface area (Å²) in [5, 5.41) is 11.5. The summed E-state index contributed by atoms with van der Waals surface area (Å²) in [6.07, 6.45) is 0. The minimum absolute atomic E-state index is 0.105. The van der Waals surface area contributed by atoms with Crippen molar-refractivity contribution in [2.24, 2.45) is 0 Å². The zero-order valence-corrected chi connectivity index (χ0v) is 11.9. The summed E-state index contributed by atoms with van der Waals surface area (Å²) >= 11 is 0. The fraction of sp³-hybridized carbons (Fsp3) is 0.125. The van der Waals surface area contributed by atoms with E-state index in [9.17, 15) is 9.59 Å². The van der Waals surface area contributed by atoms with Gasteiger partial charge in [0.2, 0.25) is 0 Å². The summed E-state index contributed by atoms with van der Waals surface area (Å²) in [5.41, 5.74) is 0.724. The van der Waals surface area contributed by atoms with E-state index in [4.69, 9.17) is 14.6 Å². The zero-order valence-electron chi connectivity index (χ0n) is 11.9. The first-order valence-electron chi connectivity index (χ1n) is 6.48. The van der Waals surface area contributed by atoms with Crippen LogP contribution in [-0.4, -0.2) is 30.7 Å². The SMILES string of the molecule is COc1ccc(NC(=O)COc2cccc(C(=O)O)c2)cc1. The lowest BCUT2D eigenvalue weighted by Gasteiger charge is -2.08. The maximum absolute atomic E-state index is 11.8. The fourth-order valence-corrected chi connectivity index (χ4v) is 1.74. The number of amides is 1. The molecule has 1 amide bonds. The van der Waals surface area contributed by atoms with Crippen LogP contribution in [0.25, 0.3) is 0 Å². The number of aromatic carboxylic acids is 1. The van der Waals surface area contributed by atoms with Gasteiger partial charge in [-0.3, -0.25) is 4.79 Å². The highest BCUT2D eigenvalue weighted by atomic mass is 16.5. The molecule has 0 spiro atoms. The van der Waals surface area contributed by atoms with Crippen LogP contribution in [0.2, 0.25) is 0 Å². The summed E-state index contributed by atoms with van der Waals surface area (Å²) < 4.78 is 10.3. The number of carboxylic acid groups (broad SMARTS) is 1. The van der Waals surface area contributed by atoms with Crippen molar-refractivity contribution in [2.45, 2.75) is 0 Å². The Balaban J connectivity index is 1.89. The number of carboxylic acids is 1. The van der Waals surface area contributed by atoms with Crippen molar-refractivity contribution in [2.75, 3.05) is 19.0 Å². The molecule has 0 aliphatic heterocycles. The number of hydrogen-bond acceptors (Lipinski definition) is 4. The highest BCUT2D eigenvalue weighted by molar-refractivity contribution is 5.92. The van der Waals surface area contributed by atoms with Crippen LogP contribution in [0, 0.1) is 0 Å². The largest absolute Gasteiger partial charge is 0.497 e. The van der Waals surface area contributed by atoms with Gasteiger partial charge in [-0.1, -0.05) is 6.07 Å². The van der Waals surface area contributed by atoms with Crippen LogP contribution in [0.3, 0.4) is 0 Å². The third-order valence-electron chi connectivity index (χ3n) is 2.82. The molecule has 2 aromatic rings. The van der Waals surface area contributed by atoms with Gasteiger partial charge in [-0.15, -0.1) is 0 Å². The molecule has 2 aromatic carbocycles. The molecule has 22 heavy (non-hydrogen) atoms. The number of rotatable bonds is 6. The minimum Gasteiger partial charge on any atom is -0.497 e. The molecule has 0 aliphatic carbocycles. The highest BCUT2D eigenvalue weighted by Crippen LogP contribution is 2.16. The van der Waals surface area contributed by atoms with Crippen molar-refractivity contribution in [3.05, 3.63) is 54.1 Å². The lowest BCUT2D eigenvalue weighted by molar-refractivity contribution is -0.118. The second-order valence-electron chi connectivity index (χ2n) is 4.40. The topological polar surface area (TPSA) is 84.9 Å². The molecule has 114 valence electrons. The minimum atomic E-state index is -1.05. The molecule has 0 aromatic heterocycles. The Hall–Kier alpha value is -3.02. The van der Waals surface area contributed by atoms with Gasteiger partial charge in [0.05, 0.1) is 12.7 Å². The summed E-state index contributed by atoms with van der Waals surface area (Å²) in [4.78, 5) is 22.6. The van der Waals surface area contributed by atoms with Gasteiger partial charge in [-0.2, -0.15) is 0 Å². The predicted molar refractivity (Wildman–Crippen MR) is 80.5 cm³/mol. The zero-order chi connectivity index (χ0) is 15.9. The van der Waals surface area contributed by atoms with E-state index >= 15 is 0 Å². The molecule has 2 N–H and O–H groups in total. The van der Waals surface area contributed by atoms with Gasteiger partial charge in [0.1, 0.15) is 11.5 Å². The van der Waals surface area contributed by atoms with Gasteiger partial charge in [-0.05, 0) is 42.5 Å². The van der Waals surface area contributed by atoms with E-state index in [0.29, 0.717) is 17.2 Å². The molecular formula is C16H15NO5. The first kappa shape index (κ1) is 15.4. The number of ether oxygens (including phenoxy) is 2. The predicted octanol–water partition coefficient (Wildman–Crippen LogP) is 2.41. The number of benzene rings is 2. The van der Waals surface area contributed by atoms with Crippen LogP contribution in [0.15, 0.2) is 48.5 Å². The van der Waals surface area contributed by atoms with Crippen LogP contribution in [0.5, 0.6) is 11.5 Å². The number of hydrogen-bond donors (Lipinski definition) is 2. The van der Waals surface area contributed by atoms with Crippen molar-refractivity contribution < 1.29 is 24.2 Å². The van der Waals surface area contributed by atoms with Crippen molar-refractivity contribution >= 4 is 17.6 Å². The van der Waals surface area contributed by atoms with Gasteiger partial charge in [-0.25, -0.2) is 4.79 Å². The van der Waals surface area contributed by atoms with Gasteiger partial charge < -0.3 is 19.9 Å². The molecule has 0 fully saturated rings. The molecule has 6 nitrogen and oxygen atoms in total. The lowest BCUT2D eigenvalue weighted by Crippen LogP contribution is -2.20. The first-order valence-corrected chi connectivity index (χ1v) is 6.48. The average Bonchev–Trinajstić information content (AvgIpc) is 2.54. The number of carbonyl (C=O) groups is 2. The normalized spacial score (nSPS) is 9.86. The Morgan fingerprint density at radius 2 is 1.82 bits per heavy atom. The highest BCUT2D eigenvalue weighted by Gasteiger charge is 2.07. The molecule has 0 saturated carbocycles. The Morgan fingerprint density at radius 1 is 1.09 bits per heavy atom. The third kappa shape index (κ3) is 4.24. The summed E-state index contributed by atoms with van der Waals surface area (Å²) in [6.45, 7) is -0.213. The smallest absolute Gasteiger partial charge is 0.335 e. The van der Waals surface area contributed by atoms with Gasteiger partial charge >= 0.3 is 5.97 Å². The summed E-state index contributed by atoms with van der Waals surface area (Å²) in [5.74, 6) is -0.372. The monoisotopic (exact) mass is 301 g/mol. The average molecular weight is 301 g/mol. The fourth-order valence-electron chi connectivity index (χ4n) is 1.74. The Kier molecular flexibility index (Phi) is 4.98. The Bertz CT molecular complexity index is 666. The lowest BCUT2D eigenvalue weighted by atomic mass is 10.2. The third-order valence-corrected chi connectivity index (χ3v) is 2.82. The van der Waals surface area contributed by atoms with Crippen molar-refractivity contribution in [3.63, 3.8) is 0 Å². The van der Waals surface area contributed by atoms with Crippen molar-refractivity contribution in [3.8, 4) is 11.5 Å². The quantitative estimate of drug-likeness (QED) is 0.856. The van der Waals surface area contributed by atoms with Gasteiger partial charge in [0, 0.05) is 5.69 Å². The maximum atomic E-state index is 11.8. The number of nitrogens with one attached hydrogen (secondary N) is 1. The van der Waals surface area contributed by atoms with Gasteiger partial charge in [0.15, 0.2) is 6.61 Å². The van der Waals surface area contributed by atoms with E-state index in [1.807, 2.05) is 0 Å². The molecule has 0 heterocycles. The van der Waals surface area contributed by atoms with Crippen LogP contribution in [0.4, 0.5) is 5.69 Å².